The molecule has 14 atom stereocenters. The van der Waals surface area contributed by atoms with Gasteiger partial charge in [-0.2, -0.15) is 0 Å². The van der Waals surface area contributed by atoms with Crippen LogP contribution in [0, 0.1) is 23.6 Å². The predicted molar refractivity (Wildman–Crippen MR) is 196 cm³/mol. The minimum absolute atomic E-state index is 0.0147. The molecule has 3 aliphatic rings. The van der Waals surface area contributed by atoms with Gasteiger partial charge in [-0.1, -0.05) is 32.9 Å². The number of ketones is 1. The van der Waals surface area contributed by atoms with Crippen LogP contribution in [0.4, 0.5) is 9.18 Å². The van der Waals surface area contributed by atoms with Crippen molar-refractivity contribution in [3.8, 4) is 0 Å². The summed E-state index contributed by atoms with van der Waals surface area (Å²) in [6.07, 6.45) is -3.66. The molecule has 0 spiro atoms. The van der Waals surface area contributed by atoms with Gasteiger partial charge in [0, 0.05) is 37.7 Å². The van der Waals surface area contributed by atoms with Gasteiger partial charge in [-0.3, -0.25) is 9.59 Å². The largest absolute Gasteiger partial charge is 0.458 e. The van der Waals surface area contributed by atoms with Gasteiger partial charge in [-0.25, -0.2) is 9.18 Å². The Morgan fingerprint density at radius 2 is 1.77 bits per heavy atom. The Labute approximate surface area is 314 Å². The highest BCUT2D eigenvalue weighted by molar-refractivity contribution is 6.00. The number of likely N-dealkylation sites (N-methyl/N-ethyl adjacent to an activating group) is 1. The third kappa shape index (κ3) is 9.75. The number of aliphatic hydroxyl groups excluding tert-OH is 1. The number of aliphatic hydroxyl groups is 1. The molecule has 3 aliphatic heterocycles. The van der Waals surface area contributed by atoms with Crippen LogP contribution in [-0.4, -0.2) is 122 Å². The zero-order chi connectivity index (χ0) is 39.4. The first-order valence-corrected chi connectivity index (χ1v) is 19.0. The molecule has 13 nitrogen and oxygen atoms in total. The molecule has 14 heteroatoms. The van der Waals surface area contributed by atoms with Crippen molar-refractivity contribution in [2.45, 2.75) is 141 Å². The number of benzene rings is 1. The lowest BCUT2D eigenvalue weighted by Gasteiger charge is -2.47. The summed E-state index contributed by atoms with van der Waals surface area (Å²) in [6, 6.07) is 5.10. The number of methoxy groups -OCH3 is 1. The van der Waals surface area contributed by atoms with E-state index in [0.717, 1.165) is 5.56 Å². The predicted octanol–water partition coefficient (Wildman–Crippen LogP) is 3.72. The highest BCUT2D eigenvalue weighted by atomic mass is 19.1. The lowest BCUT2D eigenvalue weighted by atomic mass is 9.78. The Kier molecular flexibility index (Phi) is 14.5. The van der Waals surface area contributed by atoms with Crippen LogP contribution in [-0.2, 0) is 33.3 Å². The normalized spacial score (nSPS) is 39.7. The summed E-state index contributed by atoms with van der Waals surface area (Å²) in [6.45, 7) is 15.6. The van der Waals surface area contributed by atoms with Gasteiger partial charge in [0.05, 0.1) is 23.9 Å². The fourth-order valence-corrected chi connectivity index (χ4v) is 8.33. The van der Waals surface area contributed by atoms with Crippen molar-refractivity contribution in [2.24, 2.45) is 17.8 Å². The van der Waals surface area contributed by atoms with E-state index in [1.165, 1.54) is 19.1 Å². The molecule has 3 saturated heterocycles. The maximum absolute atomic E-state index is 14.3. The number of hydrogen-bond acceptors (Lipinski definition) is 12. The van der Waals surface area contributed by atoms with E-state index in [1.807, 2.05) is 46.7 Å². The average molecular weight is 751 g/mol. The third-order valence-electron chi connectivity index (χ3n) is 11.7. The monoisotopic (exact) mass is 750 g/mol. The van der Waals surface area contributed by atoms with Crippen LogP contribution in [0.5, 0.6) is 0 Å². The molecule has 3 fully saturated rings. The number of rotatable bonds is 9. The van der Waals surface area contributed by atoms with E-state index in [0.29, 0.717) is 32.4 Å². The van der Waals surface area contributed by atoms with E-state index < -0.39 is 71.5 Å². The summed E-state index contributed by atoms with van der Waals surface area (Å²) in [4.78, 5) is 42.5. The molecular formula is C39H63FN4O9. The topological polar surface area (TPSA) is 157 Å². The lowest BCUT2D eigenvalue weighted by molar-refractivity contribution is -0.297. The lowest BCUT2D eigenvalue weighted by Crippen LogP contribution is -2.60. The van der Waals surface area contributed by atoms with Gasteiger partial charge in [-0.05, 0) is 98.1 Å². The Bertz CT molecular complexity index is 1400. The van der Waals surface area contributed by atoms with Crippen molar-refractivity contribution in [3.05, 3.63) is 35.6 Å². The number of amides is 1. The number of alkyl carbamates (subject to hydrolysis) is 1. The second-order valence-corrected chi connectivity index (χ2v) is 16.1. The van der Waals surface area contributed by atoms with Crippen molar-refractivity contribution in [1.82, 2.24) is 20.9 Å². The fourth-order valence-electron chi connectivity index (χ4n) is 8.33. The van der Waals surface area contributed by atoms with Crippen molar-refractivity contribution in [1.29, 1.82) is 0 Å². The van der Waals surface area contributed by atoms with Crippen molar-refractivity contribution >= 4 is 17.8 Å². The highest BCUT2D eigenvalue weighted by Crippen LogP contribution is 2.38. The van der Waals surface area contributed by atoms with E-state index in [2.05, 4.69) is 22.9 Å². The Morgan fingerprint density at radius 1 is 1.11 bits per heavy atom. The smallest absolute Gasteiger partial charge is 0.408 e. The number of esters is 1. The number of ether oxygens (including phenoxy) is 5. The zero-order valence-electron chi connectivity index (χ0n) is 33.3. The number of nitrogens with zero attached hydrogens (tertiary/aromatic N) is 1. The first-order valence-electron chi connectivity index (χ1n) is 19.0. The number of nitrogens with one attached hydrogen (secondary N) is 3. The van der Waals surface area contributed by atoms with Gasteiger partial charge < -0.3 is 49.6 Å². The molecule has 53 heavy (non-hydrogen) atoms. The molecule has 0 radical (unpaired) electrons. The number of fused-ring (bicyclic) bond motifs is 1. The van der Waals surface area contributed by atoms with E-state index in [1.54, 1.807) is 33.1 Å². The molecule has 0 bridgehead atoms. The molecule has 1 amide bonds. The molecule has 1 aromatic rings. The SMILES string of the molecule is CC[C@H]1OC(=O)C(C)C(=O)[C@H](C)[C@@H](O[C@@H]2OC(CN[C@@H](C)c3ccc(F)cc3)CC(N(C)C)C2O)[C@](C)(OC)C[C@@H](C)CN[C@H](C)[C@H]2NC(=O)O[C@@]21C. The summed E-state index contributed by atoms with van der Waals surface area (Å²) in [5, 5.41) is 21.6. The number of carbonyl (C=O) groups is 3. The van der Waals surface area contributed by atoms with E-state index in [9.17, 15) is 23.9 Å². The highest BCUT2D eigenvalue weighted by Gasteiger charge is 2.55. The van der Waals surface area contributed by atoms with Gasteiger partial charge in [0.25, 0.3) is 0 Å². The molecule has 1 aromatic carbocycles. The molecule has 3 heterocycles. The van der Waals surface area contributed by atoms with Gasteiger partial charge >= 0.3 is 12.1 Å². The minimum atomic E-state index is -1.19. The number of cyclic esters (lactones) is 1. The second-order valence-electron chi connectivity index (χ2n) is 16.1. The number of carbonyl (C=O) groups excluding carboxylic acids is 3. The second kappa shape index (κ2) is 17.8. The molecule has 4 N–H and O–H groups in total. The number of hydrogen-bond donors (Lipinski definition) is 4. The first kappa shape index (κ1) is 43.0. The van der Waals surface area contributed by atoms with Crippen molar-refractivity contribution in [3.63, 3.8) is 0 Å². The van der Waals surface area contributed by atoms with Crippen molar-refractivity contribution in [2.75, 3.05) is 34.3 Å². The third-order valence-corrected chi connectivity index (χ3v) is 11.7. The van der Waals surface area contributed by atoms with E-state index >= 15 is 0 Å². The summed E-state index contributed by atoms with van der Waals surface area (Å²) >= 11 is 0. The molecule has 4 rings (SSSR count). The average Bonchev–Trinajstić information content (AvgIpc) is 3.44. The van der Waals surface area contributed by atoms with Gasteiger partial charge in [-0.15, -0.1) is 0 Å². The minimum Gasteiger partial charge on any atom is -0.458 e. The molecule has 0 aliphatic carbocycles. The summed E-state index contributed by atoms with van der Waals surface area (Å²) in [5.74, 6) is -3.56. The van der Waals surface area contributed by atoms with Crippen LogP contribution in [0.25, 0.3) is 0 Å². The van der Waals surface area contributed by atoms with Gasteiger partial charge in [0.15, 0.2) is 17.7 Å². The molecule has 0 aromatic heterocycles. The summed E-state index contributed by atoms with van der Waals surface area (Å²) < 4.78 is 44.8. The number of Topliss-reactive ketones (excluding diaryl/α,β-unsaturated/α-hetero) is 1. The van der Waals surface area contributed by atoms with Crippen LogP contribution in [0.1, 0.15) is 86.3 Å². The molecule has 300 valence electrons. The Hall–Kier alpha value is -2.72. The van der Waals surface area contributed by atoms with Gasteiger partial charge in [0.1, 0.15) is 23.9 Å². The first-order chi connectivity index (χ1) is 24.8. The summed E-state index contributed by atoms with van der Waals surface area (Å²) in [5.41, 5.74) is -1.34. The van der Waals surface area contributed by atoms with Crippen LogP contribution in [0.2, 0.25) is 0 Å². The summed E-state index contributed by atoms with van der Waals surface area (Å²) in [7, 11) is 5.33. The Morgan fingerprint density at radius 3 is 2.38 bits per heavy atom. The van der Waals surface area contributed by atoms with Crippen LogP contribution >= 0.6 is 0 Å². The van der Waals surface area contributed by atoms with Crippen LogP contribution in [0.3, 0.4) is 0 Å². The molecular weight excluding hydrogens is 687 g/mol. The number of halogens is 1. The van der Waals surface area contributed by atoms with Crippen LogP contribution in [0.15, 0.2) is 24.3 Å². The van der Waals surface area contributed by atoms with Crippen molar-refractivity contribution < 1.29 is 47.6 Å². The van der Waals surface area contributed by atoms with Crippen LogP contribution < -0.4 is 16.0 Å². The van der Waals surface area contributed by atoms with E-state index in [-0.39, 0.29) is 36.0 Å². The van der Waals surface area contributed by atoms with Gasteiger partial charge in [0.2, 0.25) is 0 Å². The zero-order valence-corrected chi connectivity index (χ0v) is 33.3. The maximum atomic E-state index is 14.3. The molecule has 4 unspecified atom stereocenters. The van der Waals surface area contributed by atoms with E-state index in [4.69, 9.17) is 23.7 Å². The maximum Gasteiger partial charge on any atom is 0.408 e. The fraction of sp³-hybridized carbons (Fsp3) is 0.769. The standard InChI is InChI=1S/C39H63FN4O9/c1-12-30-39(8)33(43-37(48)53-39)25(6)41-19-21(2)18-38(7,49-11)34(22(3)31(45)23(4)35(47)51-30)52-36-32(46)29(44(9)10)17-28(50-36)20-42-24(5)26-13-15-27(40)16-14-26/h13-16,21-25,28-30,32-34,36,41-42,46H,12,17-20H2,1-11H3,(H,43,48)/t21-,22+,23?,24+,25-,28?,29?,30-,32?,33-,34-,36+,38-,39-/m1/s1. The quantitative estimate of drug-likeness (QED) is 0.215. The Balaban J connectivity index is 1.64. The molecule has 0 saturated carbocycles.